The largest absolute Gasteiger partial charge is 0.481 e. The van der Waals surface area contributed by atoms with E-state index in [2.05, 4.69) is 15.8 Å². The van der Waals surface area contributed by atoms with Crippen LogP contribution in [0.25, 0.3) is 0 Å². The Morgan fingerprint density at radius 2 is 0.862 bits per heavy atom. The van der Waals surface area contributed by atoms with Gasteiger partial charge < -0.3 is 14.7 Å². The summed E-state index contributed by atoms with van der Waals surface area (Å²) in [6, 6.07) is 0. The zero-order valence-electron chi connectivity index (χ0n) is 18.3. The maximum absolute atomic E-state index is 11.2. The summed E-state index contributed by atoms with van der Waals surface area (Å²) in [6.07, 6.45) is 22.5. The molecule has 0 rings (SSSR count). The number of phosphoric acid groups is 2. The lowest BCUT2D eigenvalue weighted by Crippen LogP contribution is -1.96. The molecule has 0 radical (unpaired) electrons. The second kappa shape index (κ2) is 19.0. The van der Waals surface area contributed by atoms with Crippen LogP contribution in [0.15, 0.2) is 0 Å². The van der Waals surface area contributed by atoms with Crippen molar-refractivity contribution in [2.75, 3.05) is 6.61 Å². The van der Waals surface area contributed by atoms with Gasteiger partial charge in [-0.2, -0.15) is 4.31 Å². The Labute approximate surface area is 177 Å². The number of hydrogen-bond donors (Lipinski definition) is 3. The van der Waals surface area contributed by atoms with Crippen molar-refractivity contribution < 1.29 is 32.6 Å². The van der Waals surface area contributed by atoms with Crippen molar-refractivity contribution in [3.63, 3.8) is 0 Å². The third-order valence-corrected chi connectivity index (χ3v) is 7.15. The Bertz CT molecular complexity index is 454. The van der Waals surface area contributed by atoms with Gasteiger partial charge in [-0.05, 0) is 6.42 Å². The molecule has 0 aromatic heterocycles. The van der Waals surface area contributed by atoms with Gasteiger partial charge in [0.1, 0.15) is 0 Å². The van der Waals surface area contributed by atoms with E-state index in [-0.39, 0.29) is 6.61 Å². The highest BCUT2D eigenvalue weighted by molar-refractivity contribution is 7.60. The minimum Gasteiger partial charge on any atom is -0.302 e. The van der Waals surface area contributed by atoms with Crippen LogP contribution in [0.5, 0.6) is 0 Å². The first-order valence-electron chi connectivity index (χ1n) is 11.5. The van der Waals surface area contributed by atoms with E-state index >= 15 is 0 Å². The molecule has 1 atom stereocenters. The Kier molecular flexibility index (Phi) is 19.2. The molecule has 0 heterocycles. The van der Waals surface area contributed by atoms with Gasteiger partial charge in [-0.15, -0.1) is 0 Å². The first-order chi connectivity index (χ1) is 13.8. The van der Waals surface area contributed by atoms with Crippen LogP contribution in [0.1, 0.15) is 122 Å². The predicted octanol–water partition coefficient (Wildman–Crippen LogP) is 7.25. The molecule has 0 aromatic carbocycles. The Hall–Kier alpha value is 0.260. The average molecular weight is 459 g/mol. The highest BCUT2D eigenvalue weighted by atomic mass is 31.3. The summed E-state index contributed by atoms with van der Waals surface area (Å²) in [7, 11) is -9.69. The number of hydrogen-bond acceptors (Lipinski definition) is 4. The van der Waals surface area contributed by atoms with Gasteiger partial charge in [-0.25, -0.2) is 9.13 Å². The lowest BCUT2D eigenvalue weighted by Gasteiger charge is -2.12. The number of rotatable bonds is 22. The zero-order valence-corrected chi connectivity index (χ0v) is 20.1. The third-order valence-electron chi connectivity index (χ3n) is 4.96. The topological polar surface area (TPSA) is 113 Å². The Balaban J connectivity index is 3.23. The molecule has 0 aliphatic rings. The Morgan fingerprint density at radius 3 is 1.17 bits per heavy atom. The molecule has 0 aromatic rings. The van der Waals surface area contributed by atoms with Crippen molar-refractivity contribution in [1.29, 1.82) is 0 Å². The lowest BCUT2D eigenvalue weighted by molar-refractivity contribution is 0.176. The molecular formula is C20H44O7P2. The fourth-order valence-corrected chi connectivity index (χ4v) is 4.97. The van der Waals surface area contributed by atoms with Crippen LogP contribution in [0.3, 0.4) is 0 Å². The molecule has 0 saturated carbocycles. The molecule has 1 unspecified atom stereocenters. The molecule has 0 aliphatic heterocycles. The minimum atomic E-state index is -5.02. The van der Waals surface area contributed by atoms with Gasteiger partial charge in [0.25, 0.3) is 0 Å². The van der Waals surface area contributed by atoms with Crippen LogP contribution in [-0.4, -0.2) is 21.3 Å². The standard InChI is InChI=1S/C20H44O7P2/c1-2-3-4-5-6-7-8-9-10-11-12-13-14-15-16-17-18-19-20-26-29(24,25)27-28(21,22)23/h2-20H2,1H3,(H,24,25)(H2,21,22,23). The molecule has 176 valence electrons. The molecule has 0 aliphatic carbocycles. The van der Waals surface area contributed by atoms with Crippen LogP contribution in [0.2, 0.25) is 0 Å². The summed E-state index contributed by atoms with van der Waals surface area (Å²) in [5.41, 5.74) is 0. The van der Waals surface area contributed by atoms with E-state index < -0.39 is 15.6 Å². The van der Waals surface area contributed by atoms with E-state index in [1.165, 1.54) is 89.9 Å². The van der Waals surface area contributed by atoms with Gasteiger partial charge >= 0.3 is 15.6 Å². The summed E-state index contributed by atoms with van der Waals surface area (Å²) >= 11 is 0. The van der Waals surface area contributed by atoms with Gasteiger partial charge in [0.05, 0.1) is 6.61 Å². The van der Waals surface area contributed by atoms with Crippen LogP contribution in [-0.2, 0) is 18.0 Å². The quantitative estimate of drug-likeness (QED) is 0.116. The van der Waals surface area contributed by atoms with Gasteiger partial charge in [-0.3, -0.25) is 4.52 Å². The monoisotopic (exact) mass is 458 g/mol. The summed E-state index contributed by atoms with van der Waals surface area (Å²) in [5, 5.41) is 0. The first-order valence-corrected chi connectivity index (χ1v) is 14.5. The van der Waals surface area contributed by atoms with Crippen LogP contribution >= 0.6 is 15.6 Å². The molecule has 29 heavy (non-hydrogen) atoms. The molecule has 7 nitrogen and oxygen atoms in total. The fourth-order valence-electron chi connectivity index (χ4n) is 3.34. The molecule has 0 spiro atoms. The molecule has 0 amide bonds. The second-order valence-electron chi connectivity index (χ2n) is 7.88. The van der Waals surface area contributed by atoms with E-state index in [4.69, 9.17) is 14.7 Å². The van der Waals surface area contributed by atoms with Crippen LogP contribution < -0.4 is 0 Å². The van der Waals surface area contributed by atoms with Gasteiger partial charge in [-0.1, -0.05) is 116 Å². The lowest BCUT2D eigenvalue weighted by atomic mass is 10.0. The molecule has 3 N–H and O–H groups in total. The molecular weight excluding hydrogens is 414 g/mol. The number of phosphoric ester groups is 1. The maximum Gasteiger partial charge on any atom is 0.481 e. The highest BCUT2D eigenvalue weighted by Gasteiger charge is 2.31. The maximum atomic E-state index is 11.2. The third kappa shape index (κ3) is 24.4. The second-order valence-corrected chi connectivity index (χ2v) is 10.7. The van der Waals surface area contributed by atoms with Crippen LogP contribution in [0.4, 0.5) is 0 Å². The van der Waals surface area contributed by atoms with Crippen molar-refractivity contribution in [1.82, 2.24) is 0 Å². The van der Waals surface area contributed by atoms with Crippen molar-refractivity contribution in [3.8, 4) is 0 Å². The zero-order chi connectivity index (χ0) is 21.8. The fraction of sp³-hybridized carbons (Fsp3) is 1.00. The highest BCUT2D eigenvalue weighted by Crippen LogP contribution is 2.57. The average Bonchev–Trinajstić information content (AvgIpc) is 2.61. The summed E-state index contributed by atoms with van der Waals surface area (Å²) in [6.45, 7) is 2.21. The van der Waals surface area contributed by atoms with Crippen LogP contribution in [0, 0.1) is 0 Å². The van der Waals surface area contributed by atoms with E-state index in [1.807, 2.05) is 0 Å². The smallest absolute Gasteiger partial charge is 0.302 e. The van der Waals surface area contributed by atoms with Crippen molar-refractivity contribution in [2.24, 2.45) is 0 Å². The summed E-state index contributed by atoms with van der Waals surface area (Å²) in [4.78, 5) is 26.1. The molecule has 0 fully saturated rings. The molecule has 0 bridgehead atoms. The van der Waals surface area contributed by atoms with Gasteiger partial charge in [0.2, 0.25) is 0 Å². The Morgan fingerprint density at radius 1 is 0.552 bits per heavy atom. The van der Waals surface area contributed by atoms with Crippen molar-refractivity contribution in [3.05, 3.63) is 0 Å². The van der Waals surface area contributed by atoms with E-state index in [0.29, 0.717) is 6.42 Å². The summed E-state index contributed by atoms with van der Waals surface area (Å²) < 4.78 is 30.0. The van der Waals surface area contributed by atoms with E-state index in [9.17, 15) is 9.13 Å². The SMILES string of the molecule is CCCCCCCCCCCCCCCCCCCCOP(=O)(O)OP(=O)(O)O. The minimum absolute atomic E-state index is 0.0491. The summed E-state index contributed by atoms with van der Waals surface area (Å²) in [5.74, 6) is 0. The molecule has 0 saturated heterocycles. The van der Waals surface area contributed by atoms with Gasteiger partial charge in [0, 0.05) is 0 Å². The predicted molar refractivity (Wildman–Crippen MR) is 118 cm³/mol. The van der Waals surface area contributed by atoms with Gasteiger partial charge in [0.15, 0.2) is 0 Å². The molecule has 9 heteroatoms. The number of unbranched alkanes of at least 4 members (excludes halogenated alkanes) is 17. The normalized spacial score (nSPS) is 14.2. The first kappa shape index (κ1) is 29.3. The van der Waals surface area contributed by atoms with Crippen molar-refractivity contribution in [2.45, 2.75) is 122 Å². The van der Waals surface area contributed by atoms with Crippen molar-refractivity contribution >= 4 is 15.6 Å². The van der Waals surface area contributed by atoms with E-state index in [1.54, 1.807) is 0 Å². The van der Waals surface area contributed by atoms with E-state index in [0.717, 1.165) is 19.3 Å².